The maximum Gasteiger partial charge on any atom is 0.169 e. The Kier molecular flexibility index (Phi) is 6.22. The molecule has 1 aromatic rings. The topological polar surface area (TPSA) is 44.8 Å². The van der Waals surface area contributed by atoms with E-state index in [1.165, 1.54) is 0 Å². The molecule has 0 aromatic heterocycles. The zero-order chi connectivity index (χ0) is 13.4. The number of benzene rings is 1. The molecule has 0 saturated carbocycles. The van der Waals surface area contributed by atoms with Gasteiger partial charge in [-0.05, 0) is 24.6 Å². The molecule has 0 spiro atoms. The average Bonchev–Trinajstić information content (AvgIpc) is 2.42. The summed E-state index contributed by atoms with van der Waals surface area (Å²) in [6.07, 6.45) is 1.31. The zero-order valence-corrected chi connectivity index (χ0v) is 11.2. The molecular weight excluding hydrogens is 232 g/mol. The van der Waals surface area contributed by atoms with Gasteiger partial charge in [-0.15, -0.1) is 0 Å². The van der Waals surface area contributed by atoms with Crippen molar-refractivity contribution in [1.29, 1.82) is 0 Å². The summed E-state index contributed by atoms with van der Waals surface area (Å²) in [4.78, 5) is 12.0. The van der Waals surface area contributed by atoms with E-state index in [1.54, 1.807) is 32.4 Å². The monoisotopic (exact) mass is 252 g/mol. The van der Waals surface area contributed by atoms with E-state index in [0.29, 0.717) is 36.7 Å². The summed E-state index contributed by atoms with van der Waals surface area (Å²) < 4.78 is 15.6. The molecule has 4 heteroatoms. The number of methoxy groups -OCH3 is 2. The Labute approximate surface area is 108 Å². The number of carbonyl (C=O) groups excluding carboxylic acids is 1. The van der Waals surface area contributed by atoms with E-state index >= 15 is 0 Å². The predicted octanol–water partition coefficient (Wildman–Crippen LogP) is 2.70. The Morgan fingerprint density at radius 3 is 2.56 bits per heavy atom. The molecule has 0 radical (unpaired) electrons. The van der Waals surface area contributed by atoms with Crippen LogP contribution in [0.5, 0.6) is 11.5 Å². The van der Waals surface area contributed by atoms with Gasteiger partial charge in [0.15, 0.2) is 5.78 Å². The number of hydrogen-bond acceptors (Lipinski definition) is 4. The first-order valence-corrected chi connectivity index (χ1v) is 6.05. The minimum absolute atomic E-state index is 0.00172. The summed E-state index contributed by atoms with van der Waals surface area (Å²) in [5.74, 6) is 1.21. The molecule has 0 atom stereocenters. The highest BCUT2D eigenvalue weighted by Crippen LogP contribution is 2.25. The smallest absolute Gasteiger partial charge is 0.169 e. The fourth-order valence-electron chi connectivity index (χ4n) is 1.58. The highest BCUT2D eigenvalue weighted by atomic mass is 16.5. The van der Waals surface area contributed by atoms with Crippen molar-refractivity contribution in [2.45, 2.75) is 19.8 Å². The number of Topliss-reactive ketones (excluding diaryl/α,β-unsaturated/α-hetero) is 1. The van der Waals surface area contributed by atoms with Gasteiger partial charge in [-0.3, -0.25) is 4.79 Å². The lowest BCUT2D eigenvalue weighted by atomic mass is 10.1. The Hall–Kier alpha value is -1.55. The van der Waals surface area contributed by atoms with Gasteiger partial charge < -0.3 is 14.2 Å². The van der Waals surface area contributed by atoms with Crippen molar-refractivity contribution in [2.24, 2.45) is 0 Å². The summed E-state index contributed by atoms with van der Waals surface area (Å²) in [5.41, 5.74) is 0.539. The third-order valence-corrected chi connectivity index (χ3v) is 2.53. The predicted molar refractivity (Wildman–Crippen MR) is 69.6 cm³/mol. The Morgan fingerprint density at radius 1 is 1.17 bits per heavy atom. The van der Waals surface area contributed by atoms with Crippen LogP contribution in [0.15, 0.2) is 18.2 Å². The largest absolute Gasteiger partial charge is 0.497 e. The molecule has 1 rings (SSSR count). The van der Waals surface area contributed by atoms with Gasteiger partial charge >= 0.3 is 0 Å². The van der Waals surface area contributed by atoms with Crippen molar-refractivity contribution < 1.29 is 19.0 Å². The van der Waals surface area contributed by atoms with E-state index < -0.39 is 0 Å². The van der Waals surface area contributed by atoms with Crippen LogP contribution in [0.2, 0.25) is 0 Å². The molecule has 0 aliphatic heterocycles. The highest BCUT2D eigenvalue weighted by Gasteiger charge is 2.13. The molecule has 0 bridgehead atoms. The number of ketones is 1. The lowest BCUT2D eigenvalue weighted by Gasteiger charge is -2.09. The van der Waals surface area contributed by atoms with Crippen molar-refractivity contribution in [1.82, 2.24) is 0 Å². The van der Waals surface area contributed by atoms with Gasteiger partial charge in [-0.25, -0.2) is 0 Å². The second kappa shape index (κ2) is 7.71. The SMILES string of the molecule is CCCOCCC(=O)c1cc(OC)ccc1OC. The Balaban J connectivity index is 2.70. The van der Waals surface area contributed by atoms with Crippen molar-refractivity contribution >= 4 is 5.78 Å². The maximum absolute atomic E-state index is 12.0. The van der Waals surface area contributed by atoms with E-state index in [0.717, 1.165) is 6.42 Å². The standard InChI is InChI=1S/C14H20O4/c1-4-8-18-9-7-13(15)12-10-11(16-2)5-6-14(12)17-3/h5-6,10H,4,7-9H2,1-3H3. The van der Waals surface area contributed by atoms with Gasteiger partial charge in [0.25, 0.3) is 0 Å². The first-order valence-electron chi connectivity index (χ1n) is 6.05. The molecule has 0 aliphatic carbocycles. The van der Waals surface area contributed by atoms with Crippen LogP contribution in [0.1, 0.15) is 30.1 Å². The fraction of sp³-hybridized carbons (Fsp3) is 0.500. The second-order valence-corrected chi connectivity index (χ2v) is 3.85. The van der Waals surface area contributed by atoms with Crippen molar-refractivity contribution in [3.8, 4) is 11.5 Å². The van der Waals surface area contributed by atoms with Crippen molar-refractivity contribution in [2.75, 3.05) is 27.4 Å². The third kappa shape index (κ3) is 4.04. The number of hydrogen-bond donors (Lipinski definition) is 0. The van der Waals surface area contributed by atoms with E-state index in [2.05, 4.69) is 0 Å². The Morgan fingerprint density at radius 2 is 1.94 bits per heavy atom. The summed E-state index contributed by atoms with van der Waals surface area (Å²) >= 11 is 0. The molecule has 0 fully saturated rings. The average molecular weight is 252 g/mol. The number of carbonyl (C=O) groups is 1. The minimum atomic E-state index is 0.00172. The fourth-order valence-corrected chi connectivity index (χ4v) is 1.58. The van der Waals surface area contributed by atoms with Gasteiger partial charge in [0.2, 0.25) is 0 Å². The normalized spacial score (nSPS) is 10.2. The van der Waals surface area contributed by atoms with Gasteiger partial charge in [0.1, 0.15) is 11.5 Å². The molecule has 4 nitrogen and oxygen atoms in total. The number of ether oxygens (including phenoxy) is 3. The molecule has 18 heavy (non-hydrogen) atoms. The molecule has 0 aliphatic rings. The number of rotatable bonds is 8. The first kappa shape index (κ1) is 14.5. The van der Waals surface area contributed by atoms with Crippen molar-refractivity contribution in [3.05, 3.63) is 23.8 Å². The first-order chi connectivity index (χ1) is 8.72. The Bertz CT molecular complexity index is 387. The van der Waals surface area contributed by atoms with Crippen LogP contribution in [-0.4, -0.2) is 33.2 Å². The van der Waals surface area contributed by atoms with Gasteiger partial charge in [-0.1, -0.05) is 6.92 Å². The van der Waals surface area contributed by atoms with Gasteiger partial charge in [-0.2, -0.15) is 0 Å². The molecule has 0 amide bonds. The molecule has 0 saturated heterocycles. The summed E-state index contributed by atoms with van der Waals surface area (Å²) in [6.45, 7) is 3.16. The van der Waals surface area contributed by atoms with Crippen molar-refractivity contribution in [3.63, 3.8) is 0 Å². The highest BCUT2D eigenvalue weighted by molar-refractivity contribution is 5.99. The molecule has 100 valence electrons. The quantitative estimate of drug-likeness (QED) is 0.527. The zero-order valence-electron chi connectivity index (χ0n) is 11.2. The molecule has 0 heterocycles. The van der Waals surface area contributed by atoms with Crippen LogP contribution < -0.4 is 9.47 Å². The van der Waals surface area contributed by atoms with E-state index in [4.69, 9.17) is 14.2 Å². The summed E-state index contributed by atoms with van der Waals surface area (Å²) in [6, 6.07) is 5.20. The van der Waals surface area contributed by atoms with Crippen LogP contribution in [0.3, 0.4) is 0 Å². The van der Waals surface area contributed by atoms with Gasteiger partial charge in [0.05, 0.1) is 26.4 Å². The molecule has 0 unspecified atom stereocenters. The molecule has 0 N–H and O–H groups in total. The van der Waals surface area contributed by atoms with Crippen LogP contribution in [0.25, 0.3) is 0 Å². The summed E-state index contributed by atoms with van der Waals surface area (Å²) in [5, 5.41) is 0. The van der Waals surface area contributed by atoms with E-state index in [9.17, 15) is 4.79 Å². The lowest BCUT2D eigenvalue weighted by Crippen LogP contribution is -2.07. The van der Waals surface area contributed by atoms with E-state index in [-0.39, 0.29) is 5.78 Å². The van der Waals surface area contributed by atoms with Crippen LogP contribution >= 0.6 is 0 Å². The van der Waals surface area contributed by atoms with E-state index in [1.807, 2.05) is 6.92 Å². The molecular formula is C14H20O4. The van der Waals surface area contributed by atoms with Gasteiger partial charge in [0, 0.05) is 13.0 Å². The van der Waals surface area contributed by atoms with Crippen LogP contribution in [0.4, 0.5) is 0 Å². The van der Waals surface area contributed by atoms with Crippen LogP contribution in [-0.2, 0) is 4.74 Å². The maximum atomic E-state index is 12.0. The molecule has 1 aromatic carbocycles. The minimum Gasteiger partial charge on any atom is -0.497 e. The van der Waals surface area contributed by atoms with Crippen LogP contribution in [0, 0.1) is 0 Å². The lowest BCUT2D eigenvalue weighted by molar-refractivity contribution is 0.0876. The third-order valence-electron chi connectivity index (χ3n) is 2.53. The summed E-state index contributed by atoms with van der Waals surface area (Å²) in [7, 11) is 3.12. The second-order valence-electron chi connectivity index (χ2n) is 3.85.